The lowest BCUT2D eigenvalue weighted by atomic mass is 9.94. The molecule has 2 aliphatic heterocycles. The molecule has 1 amide bonds. The highest BCUT2D eigenvalue weighted by atomic mass is 16.5. The number of amides is 1. The van der Waals surface area contributed by atoms with Crippen molar-refractivity contribution < 1.29 is 9.53 Å². The molecule has 0 spiro atoms. The van der Waals surface area contributed by atoms with Crippen LogP contribution in [0.4, 0.5) is 0 Å². The number of rotatable bonds is 2. The zero-order valence-electron chi connectivity index (χ0n) is 13.5. The number of piperazine rings is 1. The van der Waals surface area contributed by atoms with Gasteiger partial charge in [0.15, 0.2) is 0 Å². The third-order valence-corrected chi connectivity index (χ3v) is 4.82. The Hall–Kier alpha value is -2.40. The molecule has 4 rings (SSSR count). The molecule has 124 valence electrons. The molecule has 1 saturated heterocycles. The minimum Gasteiger partial charge on any atom is -0.492 e. The lowest BCUT2D eigenvalue weighted by Gasteiger charge is -2.39. The van der Waals surface area contributed by atoms with Gasteiger partial charge in [0.2, 0.25) is 5.91 Å². The second kappa shape index (κ2) is 6.61. The normalized spacial score (nSPS) is 23.2. The Labute approximate surface area is 141 Å². The van der Waals surface area contributed by atoms with Gasteiger partial charge in [-0.05, 0) is 29.7 Å². The molecule has 1 fully saturated rings. The molecule has 24 heavy (non-hydrogen) atoms. The molecule has 1 N–H and O–H groups in total. The summed E-state index contributed by atoms with van der Waals surface area (Å²) in [5.41, 5.74) is 2.20. The summed E-state index contributed by atoms with van der Waals surface area (Å²) in [6.07, 6.45) is 4.36. The van der Waals surface area contributed by atoms with Crippen LogP contribution in [0.25, 0.3) is 0 Å². The van der Waals surface area contributed by atoms with Gasteiger partial charge in [-0.25, -0.2) is 0 Å². The summed E-state index contributed by atoms with van der Waals surface area (Å²) < 4.78 is 5.81. The number of fused-ring (bicyclic) bond motifs is 1. The topological polar surface area (TPSA) is 54.5 Å². The van der Waals surface area contributed by atoms with Crippen LogP contribution in [-0.4, -0.2) is 42.0 Å². The van der Waals surface area contributed by atoms with Crippen molar-refractivity contribution in [3.8, 4) is 5.75 Å². The molecular formula is C19H21N3O2. The molecule has 5 nitrogen and oxygen atoms in total. The van der Waals surface area contributed by atoms with Crippen LogP contribution in [-0.2, 0) is 11.2 Å². The lowest BCUT2D eigenvalue weighted by Crippen LogP contribution is -2.51. The first kappa shape index (κ1) is 15.1. The predicted octanol–water partition coefficient (Wildman–Crippen LogP) is 1.81. The Balaban J connectivity index is 1.54. The molecule has 0 saturated carbocycles. The summed E-state index contributed by atoms with van der Waals surface area (Å²) in [5.74, 6) is 0.975. The van der Waals surface area contributed by atoms with Crippen LogP contribution >= 0.6 is 0 Å². The number of ether oxygens (including phenoxy) is 1. The molecule has 1 aromatic heterocycles. The van der Waals surface area contributed by atoms with Crippen LogP contribution < -0.4 is 10.1 Å². The number of carbonyl (C=O) groups excluding carboxylic acids is 1. The van der Waals surface area contributed by atoms with E-state index in [-0.39, 0.29) is 17.9 Å². The minimum absolute atomic E-state index is 0.0390. The summed E-state index contributed by atoms with van der Waals surface area (Å²) in [7, 11) is 0. The average Bonchev–Trinajstić information content (AvgIpc) is 2.68. The minimum atomic E-state index is -0.114. The second-order valence-corrected chi connectivity index (χ2v) is 6.36. The SMILES string of the molecule is O=C(C1COc2ccccc2C1)N1CCNCC1c1cccnc1. The zero-order chi connectivity index (χ0) is 16.4. The van der Waals surface area contributed by atoms with Crippen LogP contribution in [0.3, 0.4) is 0 Å². The van der Waals surface area contributed by atoms with Crippen LogP contribution in [0.1, 0.15) is 17.2 Å². The summed E-state index contributed by atoms with van der Waals surface area (Å²) in [5, 5.41) is 3.38. The largest absolute Gasteiger partial charge is 0.492 e. The van der Waals surface area contributed by atoms with Crippen LogP contribution in [0.2, 0.25) is 0 Å². The fourth-order valence-electron chi connectivity index (χ4n) is 3.56. The predicted molar refractivity (Wildman–Crippen MR) is 90.7 cm³/mol. The maximum atomic E-state index is 13.1. The van der Waals surface area contributed by atoms with E-state index in [0.29, 0.717) is 6.61 Å². The van der Waals surface area contributed by atoms with Gasteiger partial charge < -0.3 is 15.0 Å². The Morgan fingerprint density at radius 3 is 3.04 bits per heavy atom. The number of hydrogen-bond acceptors (Lipinski definition) is 4. The molecule has 0 aliphatic carbocycles. The molecule has 2 aliphatic rings. The number of aromatic nitrogens is 1. The van der Waals surface area contributed by atoms with E-state index in [0.717, 1.165) is 42.9 Å². The highest BCUT2D eigenvalue weighted by Crippen LogP contribution is 2.30. The van der Waals surface area contributed by atoms with E-state index in [2.05, 4.69) is 10.3 Å². The quantitative estimate of drug-likeness (QED) is 0.916. The van der Waals surface area contributed by atoms with Crippen LogP contribution in [0, 0.1) is 5.92 Å². The van der Waals surface area contributed by atoms with Crippen molar-refractivity contribution >= 4 is 5.91 Å². The maximum absolute atomic E-state index is 13.1. The van der Waals surface area contributed by atoms with Gasteiger partial charge in [-0.3, -0.25) is 9.78 Å². The Kier molecular flexibility index (Phi) is 4.17. The van der Waals surface area contributed by atoms with Gasteiger partial charge in [0.25, 0.3) is 0 Å². The molecule has 2 atom stereocenters. The van der Waals surface area contributed by atoms with Crippen molar-refractivity contribution in [1.82, 2.24) is 15.2 Å². The number of pyridine rings is 1. The van der Waals surface area contributed by atoms with Gasteiger partial charge in [-0.15, -0.1) is 0 Å². The molecular weight excluding hydrogens is 302 g/mol. The molecule has 2 unspecified atom stereocenters. The third-order valence-electron chi connectivity index (χ3n) is 4.82. The lowest BCUT2D eigenvalue weighted by molar-refractivity contribution is -0.140. The highest BCUT2D eigenvalue weighted by Gasteiger charge is 2.34. The van der Waals surface area contributed by atoms with Crippen molar-refractivity contribution in [1.29, 1.82) is 0 Å². The van der Waals surface area contributed by atoms with Gasteiger partial charge in [0.1, 0.15) is 12.4 Å². The molecule has 0 bridgehead atoms. The van der Waals surface area contributed by atoms with E-state index < -0.39 is 0 Å². The third kappa shape index (κ3) is 2.87. The number of para-hydroxylation sites is 1. The van der Waals surface area contributed by atoms with Gasteiger partial charge >= 0.3 is 0 Å². The van der Waals surface area contributed by atoms with Gasteiger partial charge in [-0.2, -0.15) is 0 Å². The molecule has 0 radical (unpaired) electrons. The van der Waals surface area contributed by atoms with Crippen molar-refractivity contribution in [2.45, 2.75) is 12.5 Å². The molecule has 1 aromatic carbocycles. The van der Waals surface area contributed by atoms with Gasteiger partial charge in [0.05, 0.1) is 12.0 Å². The monoisotopic (exact) mass is 323 g/mol. The Morgan fingerprint density at radius 1 is 1.25 bits per heavy atom. The second-order valence-electron chi connectivity index (χ2n) is 6.36. The maximum Gasteiger partial charge on any atom is 0.230 e. The Bertz CT molecular complexity index is 720. The van der Waals surface area contributed by atoms with E-state index in [9.17, 15) is 4.79 Å². The number of nitrogens with one attached hydrogen (secondary N) is 1. The first-order valence-electron chi connectivity index (χ1n) is 8.45. The molecule has 3 heterocycles. The number of carbonyl (C=O) groups is 1. The van der Waals surface area contributed by atoms with E-state index in [1.165, 1.54) is 0 Å². The summed E-state index contributed by atoms with van der Waals surface area (Å²) in [4.78, 5) is 19.3. The van der Waals surface area contributed by atoms with Crippen LogP contribution in [0.5, 0.6) is 5.75 Å². The summed E-state index contributed by atoms with van der Waals surface area (Å²) in [6.45, 7) is 2.77. The summed E-state index contributed by atoms with van der Waals surface area (Å²) in [6, 6.07) is 12.0. The molecule has 2 aromatic rings. The van der Waals surface area contributed by atoms with E-state index in [4.69, 9.17) is 4.74 Å². The number of benzene rings is 1. The van der Waals surface area contributed by atoms with Crippen molar-refractivity contribution in [2.75, 3.05) is 26.2 Å². The smallest absolute Gasteiger partial charge is 0.230 e. The fraction of sp³-hybridized carbons (Fsp3) is 0.368. The summed E-state index contributed by atoms with van der Waals surface area (Å²) >= 11 is 0. The van der Waals surface area contributed by atoms with Crippen molar-refractivity contribution in [2.24, 2.45) is 5.92 Å². The van der Waals surface area contributed by atoms with E-state index in [1.807, 2.05) is 47.5 Å². The fourth-order valence-corrected chi connectivity index (χ4v) is 3.56. The highest BCUT2D eigenvalue weighted by molar-refractivity contribution is 5.80. The number of hydrogen-bond donors (Lipinski definition) is 1. The van der Waals surface area contributed by atoms with E-state index in [1.54, 1.807) is 6.20 Å². The zero-order valence-corrected chi connectivity index (χ0v) is 13.5. The standard InChI is InChI=1S/C19H21N3O2/c23-19(16-10-14-4-1-2-6-18(14)24-13-16)22-9-8-21-12-17(22)15-5-3-7-20-11-15/h1-7,11,16-17,21H,8-10,12-13H2. The van der Waals surface area contributed by atoms with Crippen LogP contribution in [0.15, 0.2) is 48.8 Å². The Morgan fingerprint density at radius 2 is 2.17 bits per heavy atom. The average molecular weight is 323 g/mol. The van der Waals surface area contributed by atoms with Gasteiger partial charge in [-0.1, -0.05) is 24.3 Å². The molecule has 5 heteroatoms. The first-order chi connectivity index (χ1) is 11.8. The van der Waals surface area contributed by atoms with Crippen molar-refractivity contribution in [3.05, 3.63) is 59.9 Å². The number of nitrogens with zero attached hydrogens (tertiary/aromatic N) is 2. The van der Waals surface area contributed by atoms with Gasteiger partial charge in [0, 0.05) is 32.0 Å². The van der Waals surface area contributed by atoms with Crippen molar-refractivity contribution in [3.63, 3.8) is 0 Å². The van der Waals surface area contributed by atoms with E-state index >= 15 is 0 Å². The first-order valence-corrected chi connectivity index (χ1v) is 8.45.